The van der Waals surface area contributed by atoms with E-state index in [1.54, 1.807) is 6.07 Å². The molecular weight excluding hydrogens is 385 g/mol. The predicted octanol–water partition coefficient (Wildman–Crippen LogP) is 2.51. The van der Waals surface area contributed by atoms with Gasteiger partial charge >= 0.3 is 0 Å². The van der Waals surface area contributed by atoms with Gasteiger partial charge in [-0.25, -0.2) is 9.37 Å². The topological polar surface area (TPSA) is 114 Å². The fourth-order valence-electron chi connectivity index (χ4n) is 2.35. The van der Waals surface area contributed by atoms with Gasteiger partial charge in [0.25, 0.3) is 10.1 Å². The summed E-state index contributed by atoms with van der Waals surface area (Å²) in [7, 11) is -4.12. The van der Waals surface area contributed by atoms with Crippen LogP contribution in [0.3, 0.4) is 0 Å². The normalized spacial score (nSPS) is 13.9. The highest BCUT2D eigenvalue weighted by Crippen LogP contribution is 2.19. The summed E-state index contributed by atoms with van der Waals surface area (Å²) in [5.74, 6) is -0.380. The van der Waals surface area contributed by atoms with Gasteiger partial charge in [-0.1, -0.05) is 11.6 Å². The SMILES string of the molecule is NC(=O)c1ccc(F)cc1Cl.O=S(=O)(O)c1ccc(N2CCCC2)nc1. The number of halogens is 2. The van der Waals surface area contributed by atoms with Gasteiger partial charge in [-0.2, -0.15) is 8.42 Å². The van der Waals surface area contributed by atoms with E-state index in [0.717, 1.165) is 43.9 Å². The van der Waals surface area contributed by atoms with Crippen molar-refractivity contribution in [1.82, 2.24) is 4.98 Å². The Labute approximate surface area is 155 Å². The molecule has 3 N–H and O–H groups in total. The molecule has 0 aliphatic carbocycles. The molecule has 0 atom stereocenters. The van der Waals surface area contributed by atoms with Crippen LogP contribution in [0, 0.1) is 5.82 Å². The summed E-state index contributed by atoms with van der Waals surface area (Å²) < 4.78 is 42.7. The summed E-state index contributed by atoms with van der Waals surface area (Å²) in [5.41, 5.74) is 5.05. The van der Waals surface area contributed by atoms with Gasteiger partial charge in [-0.3, -0.25) is 9.35 Å². The Morgan fingerprint density at radius 2 is 1.88 bits per heavy atom. The number of amides is 1. The zero-order chi connectivity index (χ0) is 19.3. The molecule has 1 aliphatic rings. The zero-order valence-electron chi connectivity index (χ0n) is 13.6. The standard InChI is InChI=1S/C9H12N2O3S.C7H5ClFNO/c12-15(13,14)8-3-4-9(10-7-8)11-5-1-2-6-11;8-6-3-4(9)1-2-5(6)7(10)11/h3-4,7H,1-2,5-6H2,(H,12,13,14);1-3H,(H2,10,11). The van der Waals surface area contributed by atoms with Crippen LogP contribution in [-0.2, 0) is 10.1 Å². The van der Waals surface area contributed by atoms with Gasteiger partial charge in [0, 0.05) is 13.1 Å². The Bertz CT molecular complexity index is 885. The van der Waals surface area contributed by atoms with Gasteiger partial charge in [0.2, 0.25) is 5.91 Å². The monoisotopic (exact) mass is 401 g/mol. The van der Waals surface area contributed by atoms with Gasteiger partial charge in [0.15, 0.2) is 0 Å². The molecule has 140 valence electrons. The Morgan fingerprint density at radius 1 is 1.23 bits per heavy atom. The van der Waals surface area contributed by atoms with Crippen molar-refractivity contribution < 1.29 is 22.2 Å². The van der Waals surface area contributed by atoms with Gasteiger partial charge in [-0.15, -0.1) is 0 Å². The molecule has 3 rings (SSSR count). The summed E-state index contributed by atoms with van der Waals surface area (Å²) in [6.07, 6.45) is 3.46. The molecule has 10 heteroatoms. The van der Waals surface area contributed by atoms with Crippen molar-refractivity contribution >= 4 is 33.4 Å². The third-order valence-electron chi connectivity index (χ3n) is 3.65. The summed E-state index contributed by atoms with van der Waals surface area (Å²) in [4.78, 5) is 16.5. The summed E-state index contributed by atoms with van der Waals surface area (Å²) in [6.45, 7) is 1.91. The Balaban J connectivity index is 0.000000197. The first kappa shape index (κ1) is 20.1. The second-order valence-corrected chi connectivity index (χ2v) is 7.34. The molecule has 2 aromatic rings. The van der Waals surface area contributed by atoms with E-state index in [9.17, 15) is 17.6 Å². The first-order valence-electron chi connectivity index (χ1n) is 7.62. The third kappa shape index (κ3) is 5.38. The van der Waals surface area contributed by atoms with Crippen molar-refractivity contribution in [1.29, 1.82) is 0 Å². The summed E-state index contributed by atoms with van der Waals surface area (Å²) in [6, 6.07) is 6.41. The van der Waals surface area contributed by atoms with E-state index in [0.29, 0.717) is 0 Å². The Hall–Kier alpha value is -2.23. The number of rotatable bonds is 3. The average molecular weight is 402 g/mol. The second kappa shape index (κ2) is 8.43. The Morgan fingerprint density at radius 3 is 2.35 bits per heavy atom. The molecule has 0 unspecified atom stereocenters. The first-order chi connectivity index (χ1) is 12.2. The van der Waals surface area contributed by atoms with E-state index in [1.165, 1.54) is 18.3 Å². The van der Waals surface area contributed by atoms with E-state index in [4.69, 9.17) is 21.9 Å². The van der Waals surface area contributed by atoms with Gasteiger partial charge in [-0.05, 0) is 43.2 Å². The van der Waals surface area contributed by atoms with Gasteiger partial charge in [0.1, 0.15) is 16.5 Å². The van der Waals surface area contributed by atoms with Crippen LogP contribution in [0.15, 0.2) is 41.4 Å². The number of carbonyl (C=O) groups is 1. The maximum Gasteiger partial charge on any atom is 0.296 e. The van der Waals surface area contributed by atoms with Gasteiger partial charge in [0.05, 0.1) is 16.8 Å². The molecular formula is C16H17ClFN3O4S. The number of primary amides is 1. The second-order valence-electron chi connectivity index (χ2n) is 5.51. The maximum absolute atomic E-state index is 12.4. The lowest BCUT2D eigenvalue weighted by molar-refractivity contribution is 0.100. The number of nitrogens with zero attached hydrogens (tertiary/aromatic N) is 2. The summed E-state index contributed by atoms with van der Waals surface area (Å²) in [5, 5.41) is 0.0394. The molecule has 1 fully saturated rings. The predicted molar refractivity (Wildman–Crippen MR) is 95.4 cm³/mol. The zero-order valence-corrected chi connectivity index (χ0v) is 15.2. The van der Waals surface area contributed by atoms with Crippen LogP contribution in [0.5, 0.6) is 0 Å². The third-order valence-corrected chi connectivity index (χ3v) is 4.80. The van der Waals surface area contributed by atoms with Crippen LogP contribution in [0.25, 0.3) is 0 Å². The lowest BCUT2D eigenvalue weighted by Gasteiger charge is -2.15. The molecule has 7 nitrogen and oxygen atoms in total. The fraction of sp³-hybridized carbons (Fsp3) is 0.250. The number of hydrogen-bond donors (Lipinski definition) is 2. The fourth-order valence-corrected chi connectivity index (χ4v) is 3.03. The van der Waals surface area contributed by atoms with E-state index in [1.807, 2.05) is 0 Å². The maximum atomic E-state index is 12.4. The number of hydrogen-bond acceptors (Lipinski definition) is 5. The molecule has 0 radical (unpaired) electrons. The highest BCUT2D eigenvalue weighted by molar-refractivity contribution is 7.85. The van der Waals surface area contributed by atoms with Crippen LogP contribution in [-0.4, -0.2) is 37.0 Å². The van der Waals surface area contributed by atoms with E-state index in [2.05, 4.69) is 9.88 Å². The minimum atomic E-state index is -4.12. The molecule has 1 aromatic carbocycles. The molecule has 26 heavy (non-hydrogen) atoms. The quantitative estimate of drug-likeness (QED) is 0.764. The summed E-state index contributed by atoms with van der Waals surface area (Å²) >= 11 is 5.48. The van der Waals surface area contributed by atoms with Crippen molar-refractivity contribution in [3.05, 3.63) is 52.9 Å². The van der Waals surface area contributed by atoms with Crippen molar-refractivity contribution in [2.75, 3.05) is 18.0 Å². The van der Waals surface area contributed by atoms with E-state index >= 15 is 0 Å². The average Bonchev–Trinajstić information content (AvgIpc) is 3.09. The van der Waals surface area contributed by atoms with Crippen molar-refractivity contribution in [3.63, 3.8) is 0 Å². The van der Waals surface area contributed by atoms with Crippen molar-refractivity contribution in [2.45, 2.75) is 17.7 Å². The Kier molecular flexibility index (Phi) is 6.52. The van der Waals surface area contributed by atoms with Crippen LogP contribution < -0.4 is 10.6 Å². The molecule has 1 amide bonds. The number of aromatic nitrogens is 1. The highest BCUT2D eigenvalue weighted by Gasteiger charge is 2.15. The molecule has 1 aromatic heterocycles. The number of anilines is 1. The molecule has 0 spiro atoms. The molecule has 1 aliphatic heterocycles. The van der Waals surface area contributed by atoms with Crippen molar-refractivity contribution in [2.24, 2.45) is 5.73 Å². The molecule has 1 saturated heterocycles. The number of benzene rings is 1. The lowest BCUT2D eigenvalue weighted by atomic mass is 10.2. The van der Waals surface area contributed by atoms with Crippen LogP contribution in [0.1, 0.15) is 23.2 Å². The van der Waals surface area contributed by atoms with Crippen molar-refractivity contribution in [3.8, 4) is 0 Å². The van der Waals surface area contributed by atoms with E-state index in [-0.39, 0.29) is 15.5 Å². The molecule has 0 saturated carbocycles. The highest BCUT2D eigenvalue weighted by atomic mass is 35.5. The number of pyridine rings is 1. The smallest absolute Gasteiger partial charge is 0.296 e. The minimum Gasteiger partial charge on any atom is -0.366 e. The number of nitrogens with two attached hydrogens (primary N) is 1. The first-order valence-corrected chi connectivity index (χ1v) is 9.43. The van der Waals surface area contributed by atoms with E-state index < -0.39 is 21.8 Å². The van der Waals surface area contributed by atoms with Crippen LogP contribution >= 0.6 is 11.6 Å². The minimum absolute atomic E-state index is 0.0394. The van der Waals surface area contributed by atoms with Crippen LogP contribution in [0.2, 0.25) is 5.02 Å². The van der Waals surface area contributed by atoms with Gasteiger partial charge < -0.3 is 10.6 Å². The molecule has 0 bridgehead atoms. The molecule has 2 heterocycles. The lowest BCUT2D eigenvalue weighted by Crippen LogP contribution is -2.18. The van der Waals surface area contributed by atoms with Crippen LogP contribution in [0.4, 0.5) is 10.2 Å². The largest absolute Gasteiger partial charge is 0.366 e. The number of carbonyl (C=O) groups excluding carboxylic acids is 1.